The van der Waals surface area contributed by atoms with Crippen molar-refractivity contribution in [3.63, 3.8) is 0 Å². The second-order valence-corrected chi connectivity index (χ2v) is 10.2. The Kier molecular flexibility index (Phi) is 9.19. The normalized spacial score (nSPS) is 18.2. The molecule has 2 aromatic rings. The van der Waals surface area contributed by atoms with Crippen LogP contribution in [0.3, 0.4) is 0 Å². The minimum absolute atomic E-state index is 0.107. The fourth-order valence-electron chi connectivity index (χ4n) is 5.87. The van der Waals surface area contributed by atoms with E-state index in [9.17, 15) is 14.4 Å². The number of H-pyrrole nitrogens is 1. The molecule has 0 spiro atoms. The van der Waals surface area contributed by atoms with Gasteiger partial charge in [-0.15, -0.1) is 0 Å². The number of rotatable bonds is 10. The summed E-state index contributed by atoms with van der Waals surface area (Å²) < 4.78 is 5.52. The average molecular weight is 510 g/mol. The van der Waals surface area contributed by atoms with Crippen LogP contribution in [0.5, 0.6) is 0 Å². The van der Waals surface area contributed by atoms with E-state index in [1.54, 1.807) is 12.5 Å². The predicted molar refractivity (Wildman–Crippen MR) is 140 cm³/mol. The van der Waals surface area contributed by atoms with Crippen molar-refractivity contribution in [1.29, 1.82) is 0 Å². The number of carbonyl (C=O) groups excluding carboxylic acids is 3. The Morgan fingerprint density at radius 1 is 1.16 bits per heavy atom. The minimum Gasteiger partial charge on any atom is -0.466 e. The molecule has 1 aromatic carbocycles. The van der Waals surface area contributed by atoms with Gasteiger partial charge in [-0.05, 0) is 44.1 Å². The van der Waals surface area contributed by atoms with Crippen molar-refractivity contribution in [2.75, 3.05) is 26.2 Å². The van der Waals surface area contributed by atoms with Crippen molar-refractivity contribution >= 4 is 17.9 Å². The first-order valence-electron chi connectivity index (χ1n) is 13.5. The second kappa shape index (κ2) is 12.7. The number of imidazole rings is 1. The summed E-state index contributed by atoms with van der Waals surface area (Å²) in [6.45, 7) is 3.62. The van der Waals surface area contributed by atoms with E-state index in [0.717, 1.165) is 36.9 Å². The lowest BCUT2D eigenvalue weighted by atomic mass is 9.67. The van der Waals surface area contributed by atoms with Gasteiger partial charge in [0.2, 0.25) is 5.91 Å². The Morgan fingerprint density at radius 3 is 2.54 bits per heavy atom. The Bertz CT molecular complexity index is 1010. The lowest BCUT2D eigenvalue weighted by molar-refractivity contribution is -0.165. The summed E-state index contributed by atoms with van der Waals surface area (Å²) in [6, 6.07) is 8.63. The lowest BCUT2D eigenvalue weighted by Gasteiger charge is -2.44. The standard InChI is InChI=1S/C28H39N5O4/c1-2-37-26(35)28(22-10-6-7-11-22)13-16-33(17-14-28)25(34)24(18-21-8-4-3-5-9-21)32-27(36)30-15-12-23-19-29-20-31-23/h3-5,8-9,19-20,22,24H,2,6-7,10-18H2,1H3,(H,29,31)(H2,30,32,36). The number of nitrogens with zero attached hydrogens (tertiary/aromatic N) is 2. The molecule has 1 aromatic heterocycles. The largest absolute Gasteiger partial charge is 0.466 e. The molecule has 1 saturated heterocycles. The molecule has 2 heterocycles. The van der Waals surface area contributed by atoms with Gasteiger partial charge >= 0.3 is 12.0 Å². The Morgan fingerprint density at radius 2 is 1.89 bits per heavy atom. The van der Waals surface area contributed by atoms with Gasteiger partial charge < -0.3 is 25.3 Å². The number of piperidine rings is 1. The SMILES string of the molecule is CCOC(=O)C1(C2CCCC2)CCN(C(=O)C(Cc2ccccc2)NC(=O)NCCc2cnc[nH]2)CC1. The maximum Gasteiger partial charge on any atom is 0.315 e. The summed E-state index contributed by atoms with van der Waals surface area (Å²) in [7, 11) is 0. The van der Waals surface area contributed by atoms with Crippen LogP contribution in [-0.4, -0.2) is 65.1 Å². The second-order valence-electron chi connectivity index (χ2n) is 10.2. The van der Waals surface area contributed by atoms with Gasteiger partial charge in [0.15, 0.2) is 0 Å². The quantitative estimate of drug-likeness (QED) is 0.425. The van der Waals surface area contributed by atoms with Crippen LogP contribution in [0.1, 0.15) is 56.7 Å². The summed E-state index contributed by atoms with van der Waals surface area (Å²) in [4.78, 5) is 48.3. The lowest BCUT2D eigenvalue weighted by Crippen LogP contribution is -2.56. The molecule has 3 amide bonds. The number of aromatic nitrogens is 2. The van der Waals surface area contributed by atoms with E-state index < -0.39 is 11.5 Å². The maximum absolute atomic E-state index is 13.7. The van der Waals surface area contributed by atoms with E-state index in [1.165, 1.54) is 0 Å². The molecule has 9 heteroatoms. The van der Waals surface area contributed by atoms with Crippen molar-refractivity contribution in [3.05, 3.63) is 54.1 Å². The van der Waals surface area contributed by atoms with E-state index in [4.69, 9.17) is 4.74 Å². The summed E-state index contributed by atoms with van der Waals surface area (Å²) in [5.74, 6) is 0.101. The van der Waals surface area contributed by atoms with Crippen LogP contribution in [0.2, 0.25) is 0 Å². The third kappa shape index (κ3) is 6.70. The molecular weight excluding hydrogens is 470 g/mol. The molecular formula is C28H39N5O4. The molecule has 0 bridgehead atoms. The number of carbonyl (C=O) groups is 3. The number of amides is 3. The van der Waals surface area contributed by atoms with E-state index >= 15 is 0 Å². The van der Waals surface area contributed by atoms with Gasteiger partial charge in [-0.3, -0.25) is 9.59 Å². The number of esters is 1. The molecule has 1 aliphatic carbocycles. The highest BCUT2D eigenvalue weighted by atomic mass is 16.5. The molecule has 0 radical (unpaired) electrons. The first-order valence-corrected chi connectivity index (χ1v) is 13.5. The smallest absolute Gasteiger partial charge is 0.315 e. The van der Waals surface area contributed by atoms with E-state index in [2.05, 4.69) is 20.6 Å². The monoisotopic (exact) mass is 509 g/mol. The van der Waals surface area contributed by atoms with Crippen LogP contribution >= 0.6 is 0 Å². The van der Waals surface area contributed by atoms with Crippen molar-refractivity contribution in [1.82, 2.24) is 25.5 Å². The summed E-state index contributed by atoms with van der Waals surface area (Å²) >= 11 is 0. The van der Waals surface area contributed by atoms with Gasteiger partial charge in [-0.25, -0.2) is 9.78 Å². The first-order chi connectivity index (χ1) is 18.0. The van der Waals surface area contributed by atoms with Crippen molar-refractivity contribution in [2.24, 2.45) is 11.3 Å². The molecule has 2 aliphatic rings. The number of nitrogens with one attached hydrogen (secondary N) is 3. The molecule has 9 nitrogen and oxygen atoms in total. The minimum atomic E-state index is -0.698. The number of hydrogen-bond acceptors (Lipinski definition) is 5. The van der Waals surface area contributed by atoms with Crippen LogP contribution in [0.15, 0.2) is 42.9 Å². The van der Waals surface area contributed by atoms with Gasteiger partial charge in [0, 0.05) is 44.4 Å². The Hall–Kier alpha value is -3.36. The zero-order chi connectivity index (χ0) is 26.1. The highest BCUT2D eigenvalue weighted by Crippen LogP contribution is 2.47. The number of benzene rings is 1. The molecule has 1 atom stereocenters. The molecule has 3 N–H and O–H groups in total. The summed E-state index contributed by atoms with van der Waals surface area (Å²) in [6.07, 6.45) is 9.94. The molecule has 1 aliphatic heterocycles. The molecule has 37 heavy (non-hydrogen) atoms. The Balaban J connectivity index is 1.40. The van der Waals surface area contributed by atoms with Gasteiger partial charge in [-0.1, -0.05) is 43.2 Å². The molecule has 4 rings (SSSR count). The summed E-state index contributed by atoms with van der Waals surface area (Å²) in [5, 5.41) is 5.75. The zero-order valence-corrected chi connectivity index (χ0v) is 21.7. The van der Waals surface area contributed by atoms with Crippen LogP contribution in [-0.2, 0) is 27.2 Å². The first kappa shape index (κ1) is 26.7. The average Bonchev–Trinajstić information content (AvgIpc) is 3.64. The van der Waals surface area contributed by atoms with Crippen molar-refractivity contribution in [2.45, 2.75) is 64.3 Å². The highest BCUT2D eigenvalue weighted by Gasteiger charge is 2.50. The number of ether oxygens (including phenoxy) is 1. The number of likely N-dealkylation sites (tertiary alicyclic amines) is 1. The van der Waals surface area contributed by atoms with Gasteiger partial charge in [0.05, 0.1) is 18.3 Å². The summed E-state index contributed by atoms with van der Waals surface area (Å²) in [5.41, 5.74) is 1.40. The number of aromatic amines is 1. The Labute approximate surface area is 218 Å². The maximum atomic E-state index is 13.7. The molecule has 1 unspecified atom stereocenters. The van der Waals surface area contributed by atoms with E-state index in [1.807, 2.05) is 42.2 Å². The van der Waals surface area contributed by atoms with Crippen LogP contribution in [0.4, 0.5) is 4.79 Å². The molecule has 200 valence electrons. The third-order valence-electron chi connectivity index (χ3n) is 7.91. The fourth-order valence-corrected chi connectivity index (χ4v) is 5.87. The highest BCUT2D eigenvalue weighted by molar-refractivity contribution is 5.88. The van der Waals surface area contributed by atoms with Crippen LogP contribution in [0.25, 0.3) is 0 Å². The molecule has 1 saturated carbocycles. The topological polar surface area (TPSA) is 116 Å². The van der Waals surface area contributed by atoms with Crippen molar-refractivity contribution in [3.8, 4) is 0 Å². The third-order valence-corrected chi connectivity index (χ3v) is 7.91. The van der Waals surface area contributed by atoms with Gasteiger partial charge in [0.25, 0.3) is 0 Å². The van der Waals surface area contributed by atoms with Crippen LogP contribution in [0, 0.1) is 11.3 Å². The van der Waals surface area contributed by atoms with Crippen LogP contribution < -0.4 is 10.6 Å². The zero-order valence-electron chi connectivity index (χ0n) is 21.7. The van der Waals surface area contributed by atoms with Gasteiger partial charge in [0.1, 0.15) is 6.04 Å². The predicted octanol–water partition coefficient (Wildman–Crippen LogP) is 3.22. The van der Waals surface area contributed by atoms with Crippen molar-refractivity contribution < 1.29 is 19.1 Å². The van der Waals surface area contributed by atoms with E-state index in [-0.39, 0.29) is 17.9 Å². The fraction of sp³-hybridized carbons (Fsp3) is 0.571. The number of urea groups is 1. The van der Waals surface area contributed by atoms with E-state index in [0.29, 0.717) is 57.8 Å². The van der Waals surface area contributed by atoms with Gasteiger partial charge in [-0.2, -0.15) is 0 Å². The number of hydrogen-bond donors (Lipinski definition) is 3. The molecule has 2 fully saturated rings.